The Bertz CT molecular complexity index is 534. The van der Waals surface area contributed by atoms with Crippen LogP contribution in [-0.4, -0.2) is 20.4 Å². The first-order chi connectivity index (χ1) is 9.70. The van der Waals surface area contributed by atoms with Crippen LogP contribution in [0.25, 0.3) is 5.82 Å². The molecule has 2 aromatic rings. The quantitative estimate of drug-likeness (QED) is 0.878. The second-order valence-corrected chi connectivity index (χ2v) is 4.90. The van der Waals surface area contributed by atoms with E-state index in [0.717, 1.165) is 24.2 Å². The van der Waals surface area contributed by atoms with Crippen LogP contribution in [0.4, 0.5) is 0 Å². The number of carbonyl (C=O) groups is 1. The molecule has 0 radical (unpaired) electrons. The third-order valence-electron chi connectivity index (χ3n) is 3.21. The highest BCUT2D eigenvalue weighted by Gasteiger charge is 2.10. The zero-order chi connectivity index (χ0) is 14.4. The Kier molecular flexibility index (Phi) is 4.87. The zero-order valence-electron chi connectivity index (χ0n) is 11.9. The van der Waals surface area contributed by atoms with Crippen molar-refractivity contribution >= 4 is 5.91 Å². The SMILES string of the molecule is CCCC(C)C(=O)NCc1ccc(-n2ccnc2)nc1. The van der Waals surface area contributed by atoms with Gasteiger partial charge in [-0.15, -0.1) is 0 Å². The molecule has 106 valence electrons. The van der Waals surface area contributed by atoms with Crippen molar-refractivity contribution in [3.8, 4) is 5.82 Å². The van der Waals surface area contributed by atoms with Crippen LogP contribution in [0.2, 0.25) is 0 Å². The smallest absolute Gasteiger partial charge is 0.223 e. The first-order valence-electron chi connectivity index (χ1n) is 6.91. The summed E-state index contributed by atoms with van der Waals surface area (Å²) >= 11 is 0. The van der Waals surface area contributed by atoms with E-state index in [9.17, 15) is 4.79 Å². The number of hydrogen-bond donors (Lipinski definition) is 1. The van der Waals surface area contributed by atoms with Crippen LogP contribution >= 0.6 is 0 Å². The van der Waals surface area contributed by atoms with Crippen LogP contribution < -0.4 is 5.32 Å². The van der Waals surface area contributed by atoms with E-state index in [1.807, 2.05) is 29.8 Å². The van der Waals surface area contributed by atoms with Crippen molar-refractivity contribution in [3.63, 3.8) is 0 Å². The lowest BCUT2D eigenvalue weighted by Crippen LogP contribution is -2.28. The predicted octanol–water partition coefficient (Wildman–Crippen LogP) is 2.32. The third kappa shape index (κ3) is 3.66. The highest BCUT2D eigenvalue weighted by molar-refractivity contribution is 5.78. The lowest BCUT2D eigenvalue weighted by molar-refractivity contribution is -0.124. The van der Waals surface area contributed by atoms with Gasteiger partial charge in [0, 0.05) is 31.1 Å². The van der Waals surface area contributed by atoms with E-state index in [2.05, 4.69) is 22.2 Å². The monoisotopic (exact) mass is 272 g/mol. The van der Waals surface area contributed by atoms with E-state index in [-0.39, 0.29) is 11.8 Å². The Morgan fingerprint density at radius 3 is 2.90 bits per heavy atom. The second-order valence-electron chi connectivity index (χ2n) is 4.90. The van der Waals surface area contributed by atoms with Gasteiger partial charge in [0.25, 0.3) is 0 Å². The molecule has 2 rings (SSSR count). The van der Waals surface area contributed by atoms with Gasteiger partial charge < -0.3 is 5.32 Å². The maximum atomic E-state index is 11.8. The van der Waals surface area contributed by atoms with Crippen LogP contribution in [0.1, 0.15) is 32.3 Å². The molecule has 0 aromatic carbocycles. The molecular formula is C15H20N4O. The van der Waals surface area contributed by atoms with Gasteiger partial charge in [0.05, 0.1) is 0 Å². The van der Waals surface area contributed by atoms with Gasteiger partial charge in [-0.1, -0.05) is 26.3 Å². The highest BCUT2D eigenvalue weighted by Crippen LogP contribution is 2.07. The fourth-order valence-electron chi connectivity index (χ4n) is 2.00. The number of imidazole rings is 1. The summed E-state index contributed by atoms with van der Waals surface area (Å²) in [6, 6.07) is 3.88. The van der Waals surface area contributed by atoms with Crippen molar-refractivity contribution in [3.05, 3.63) is 42.6 Å². The van der Waals surface area contributed by atoms with Gasteiger partial charge in [0.15, 0.2) is 0 Å². The second kappa shape index (κ2) is 6.84. The van der Waals surface area contributed by atoms with Crippen LogP contribution in [0.5, 0.6) is 0 Å². The predicted molar refractivity (Wildman–Crippen MR) is 77.3 cm³/mol. The fourth-order valence-corrected chi connectivity index (χ4v) is 2.00. The summed E-state index contributed by atoms with van der Waals surface area (Å²) in [4.78, 5) is 20.2. The summed E-state index contributed by atoms with van der Waals surface area (Å²) in [6.45, 7) is 4.56. The minimum atomic E-state index is 0.0678. The standard InChI is InChI=1S/C15H20N4O/c1-3-4-12(2)15(20)18-10-13-5-6-14(17-9-13)19-8-7-16-11-19/h5-9,11-12H,3-4,10H2,1-2H3,(H,18,20). The molecule has 1 atom stereocenters. The van der Waals surface area contributed by atoms with Crippen molar-refractivity contribution in [2.45, 2.75) is 33.2 Å². The maximum Gasteiger partial charge on any atom is 0.223 e. The first-order valence-corrected chi connectivity index (χ1v) is 6.91. The third-order valence-corrected chi connectivity index (χ3v) is 3.21. The molecule has 1 N–H and O–H groups in total. The number of rotatable bonds is 6. The average Bonchev–Trinajstić information content (AvgIpc) is 2.99. The van der Waals surface area contributed by atoms with Crippen LogP contribution in [0.3, 0.4) is 0 Å². The molecule has 0 aliphatic rings. The summed E-state index contributed by atoms with van der Waals surface area (Å²) in [6.07, 6.45) is 8.98. The van der Waals surface area contributed by atoms with Crippen molar-refractivity contribution in [1.82, 2.24) is 19.9 Å². The first kappa shape index (κ1) is 14.2. The zero-order valence-corrected chi connectivity index (χ0v) is 11.9. The summed E-state index contributed by atoms with van der Waals surface area (Å²) in [5.41, 5.74) is 0.992. The fraction of sp³-hybridized carbons (Fsp3) is 0.400. The van der Waals surface area contributed by atoms with Gasteiger partial charge in [-0.2, -0.15) is 0 Å². The Morgan fingerprint density at radius 1 is 1.45 bits per heavy atom. The number of carbonyl (C=O) groups excluding carboxylic acids is 1. The molecule has 0 fully saturated rings. The molecule has 2 heterocycles. The van der Waals surface area contributed by atoms with Gasteiger partial charge in [-0.05, 0) is 18.1 Å². The molecule has 5 nitrogen and oxygen atoms in total. The molecule has 0 bridgehead atoms. The van der Waals surface area contributed by atoms with E-state index < -0.39 is 0 Å². The van der Waals surface area contributed by atoms with E-state index in [4.69, 9.17) is 0 Å². The van der Waals surface area contributed by atoms with Crippen LogP contribution in [0, 0.1) is 5.92 Å². The Hall–Kier alpha value is -2.17. The van der Waals surface area contributed by atoms with Gasteiger partial charge in [-0.3, -0.25) is 9.36 Å². The number of hydrogen-bond acceptors (Lipinski definition) is 3. The van der Waals surface area contributed by atoms with Gasteiger partial charge in [0.1, 0.15) is 12.1 Å². The van der Waals surface area contributed by atoms with Gasteiger partial charge in [0.2, 0.25) is 5.91 Å². The topological polar surface area (TPSA) is 59.8 Å². The summed E-state index contributed by atoms with van der Waals surface area (Å²) in [5.74, 6) is 0.987. The van der Waals surface area contributed by atoms with Crippen LogP contribution in [0.15, 0.2) is 37.1 Å². The normalized spacial score (nSPS) is 12.1. The minimum Gasteiger partial charge on any atom is -0.352 e. The van der Waals surface area contributed by atoms with Crippen molar-refractivity contribution in [2.24, 2.45) is 5.92 Å². The van der Waals surface area contributed by atoms with E-state index >= 15 is 0 Å². The number of amides is 1. The van der Waals surface area contributed by atoms with Gasteiger partial charge >= 0.3 is 0 Å². The summed E-state index contributed by atoms with van der Waals surface area (Å²) in [5, 5.41) is 2.94. The van der Waals surface area contributed by atoms with Gasteiger partial charge in [-0.25, -0.2) is 9.97 Å². The van der Waals surface area contributed by atoms with E-state index in [1.54, 1.807) is 18.7 Å². The molecule has 0 spiro atoms. The largest absolute Gasteiger partial charge is 0.352 e. The molecule has 20 heavy (non-hydrogen) atoms. The molecular weight excluding hydrogens is 252 g/mol. The maximum absolute atomic E-state index is 11.8. The molecule has 1 amide bonds. The molecule has 5 heteroatoms. The van der Waals surface area contributed by atoms with E-state index in [1.165, 1.54) is 0 Å². The van der Waals surface area contributed by atoms with Crippen molar-refractivity contribution in [2.75, 3.05) is 0 Å². The Balaban J connectivity index is 1.90. The number of aromatic nitrogens is 3. The van der Waals surface area contributed by atoms with Crippen LogP contribution in [-0.2, 0) is 11.3 Å². The summed E-state index contributed by atoms with van der Waals surface area (Å²) in [7, 11) is 0. The molecule has 0 aliphatic heterocycles. The Labute approximate surface area is 119 Å². The molecule has 0 aliphatic carbocycles. The highest BCUT2D eigenvalue weighted by atomic mass is 16.1. The van der Waals surface area contributed by atoms with E-state index in [0.29, 0.717) is 6.54 Å². The average molecular weight is 272 g/mol. The van der Waals surface area contributed by atoms with Crippen molar-refractivity contribution < 1.29 is 4.79 Å². The molecule has 2 aromatic heterocycles. The van der Waals surface area contributed by atoms with Crippen molar-refractivity contribution in [1.29, 1.82) is 0 Å². The Morgan fingerprint density at radius 2 is 2.30 bits per heavy atom. The lowest BCUT2D eigenvalue weighted by atomic mass is 10.1. The molecule has 0 saturated carbocycles. The summed E-state index contributed by atoms with van der Waals surface area (Å²) < 4.78 is 1.84. The molecule has 0 saturated heterocycles. The number of nitrogens with zero attached hydrogens (tertiary/aromatic N) is 3. The minimum absolute atomic E-state index is 0.0678. The number of pyridine rings is 1. The number of nitrogens with one attached hydrogen (secondary N) is 1. The molecule has 1 unspecified atom stereocenters. The lowest BCUT2D eigenvalue weighted by Gasteiger charge is -2.11.